The van der Waals surface area contributed by atoms with Gasteiger partial charge in [0, 0.05) is 11.3 Å². The van der Waals surface area contributed by atoms with Crippen molar-refractivity contribution in [3.63, 3.8) is 0 Å². The van der Waals surface area contributed by atoms with Crippen LogP contribution in [0.1, 0.15) is 11.5 Å². The van der Waals surface area contributed by atoms with Gasteiger partial charge < -0.3 is 19.6 Å². The summed E-state index contributed by atoms with van der Waals surface area (Å²) in [5.74, 6) is 2.25. The van der Waals surface area contributed by atoms with Gasteiger partial charge in [-0.05, 0) is 35.9 Å². The number of anilines is 1. The molecule has 6 heteroatoms. The van der Waals surface area contributed by atoms with Gasteiger partial charge in [0.1, 0.15) is 0 Å². The van der Waals surface area contributed by atoms with E-state index >= 15 is 0 Å². The number of nitrogens with zero attached hydrogens (tertiary/aromatic N) is 2. The normalized spacial score (nSPS) is 10.5. The Morgan fingerprint density at radius 2 is 1.70 bits per heavy atom. The molecule has 6 nitrogen and oxygen atoms in total. The van der Waals surface area contributed by atoms with Gasteiger partial charge in [-0.2, -0.15) is 0 Å². The number of benzene rings is 2. The highest BCUT2D eigenvalue weighted by Gasteiger charge is 2.12. The van der Waals surface area contributed by atoms with Crippen LogP contribution in [0.3, 0.4) is 0 Å². The SMILES string of the molecule is COc1ccc(-c2nnc(Cc3ccc(N)cc3)o2)cc1OC. The molecule has 0 saturated heterocycles. The van der Waals surface area contributed by atoms with Crippen molar-refractivity contribution < 1.29 is 13.9 Å². The van der Waals surface area contributed by atoms with E-state index in [9.17, 15) is 0 Å². The Balaban J connectivity index is 1.82. The molecule has 1 aromatic heterocycles. The molecule has 0 aliphatic carbocycles. The van der Waals surface area contributed by atoms with E-state index in [1.54, 1.807) is 26.4 Å². The highest BCUT2D eigenvalue weighted by Crippen LogP contribution is 2.31. The summed E-state index contributed by atoms with van der Waals surface area (Å²) < 4.78 is 16.2. The Kier molecular flexibility index (Phi) is 4.14. The first-order valence-electron chi connectivity index (χ1n) is 7.09. The number of ether oxygens (including phenoxy) is 2. The van der Waals surface area contributed by atoms with Crippen LogP contribution >= 0.6 is 0 Å². The summed E-state index contributed by atoms with van der Waals surface area (Å²) in [5.41, 5.74) is 8.24. The van der Waals surface area contributed by atoms with Crippen molar-refractivity contribution >= 4 is 5.69 Å². The summed E-state index contributed by atoms with van der Waals surface area (Å²) in [7, 11) is 3.18. The van der Waals surface area contributed by atoms with Crippen molar-refractivity contribution in [1.82, 2.24) is 10.2 Å². The van der Waals surface area contributed by atoms with Crippen molar-refractivity contribution in [1.29, 1.82) is 0 Å². The molecule has 0 fully saturated rings. The number of aromatic nitrogens is 2. The van der Waals surface area contributed by atoms with Crippen LogP contribution in [0, 0.1) is 0 Å². The molecule has 0 bridgehead atoms. The lowest BCUT2D eigenvalue weighted by molar-refractivity contribution is 0.355. The Hall–Kier alpha value is -3.02. The molecule has 0 atom stereocenters. The van der Waals surface area contributed by atoms with E-state index in [4.69, 9.17) is 19.6 Å². The van der Waals surface area contributed by atoms with Crippen LogP contribution in [0.5, 0.6) is 11.5 Å². The highest BCUT2D eigenvalue weighted by molar-refractivity contribution is 5.59. The number of hydrogen-bond donors (Lipinski definition) is 1. The van der Waals surface area contributed by atoms with Gasteiger partial charge in [-0.15, -0.1) is 10.2 Å². The first kappa shape index (κ1) is 14.9. The third-order valence-corrected chi connectivity index (χ3v) is 3.43. The van der Waals surface area contributed by atoms with Crippen LogP contribution < -0.4 is 15.2 Å². The molecule has 0 amide bonds. The van der Waals surface area contributed by atoms with E-state index in [-0.39, 0.29) is 0 Å². The molecule has 3 rings (SSSR count). The van der Waals surface area contributed by atoms with E-state index in [0.29, 0.717) is 29.7 Å². The fourth-order valence-electron chi connectivity index (χ4n) is 2.22. The minimum atomic E-state index is 0.441. The number of hydrogen-bond acceptors (Lipinski definition) is 6. The molecule has 0 spiro atoms. The molecular formula is C17H17N3O3. The van der Waals surface area contributed by atoms with Gasteiger partial charge in [-0.1, -0.05) is 12.1 Å². The first-order chi connectivity index (χ1) is 11.2. The number of nitrogens with two attached hydrogens (primary N) is 1. The molecule has 3 aromatic rings. The maximum absolute atomic E-state index is 5.73. The third-order valence-electron chi connectivity index (χ3n) is 3.43. The molecule has 0 radical (unpaired) electrons. The molecule has 0 aliphatic rings. The topological polar surface area (TPSA) is 83.4 Å². The average molecular weight is 311 g/mol. The maximum Gasteiger partial charge on any atom is 0.247 e. The minimum absolute atomic E-state index is 0.441. The van der Waals surface area contributed by atoms with Crippen LogP contribution in [0.4, 0.5) is 5.69 Å². The fourth-order valence-corrected chi connectivity index (χ4v) is 2.22. The molecule has 118 valence electrons. The van der Waals surface area contributed by atoms with E-state index in [0.717, 1.165) is 16.8 Å². The third kappa shape index (κ3) is 3.26. The molecule has 23 heavy (non-hydrogen) atoms. The van der Waals surface area contributed by atoms with Crippen molar-refractivity contribution in [3.8, 4) is 23.0 Å². The Morgan fingerprint density at radius 3 is 2.39 bits per heavy atom. The van der Waals surface area contributed by atoms with Gasteiger partial charge in [0.05, 0.1) is 20.6 Å². The van der Waals surface area contributed by atoms with Gasteiger partial charge in [-0.3, -0.25) is 0 Å². The van der Waals surface area contributed by atoms with Gasteiger partial charge in [-0.25, -0.2) is 0 Å². The molecular weight excluding hydrogens is 294 g/mol. The number of rotatable bonds is 5. The van der Waals surface area contributed by atoms with Crippen LogP contribution in [0.2, 0.25) is 0 Å². The van der Waals surface area contributed by atoms with Crippen molar-refractivity contribution in [3.05, 3.63) is 53.9 Å². The summed E-state index contributed by atoms with van der Waals surface area (Å²) in [6, 6.07) is 13.0. The van der Waals surface area contributed by atoms with Gasteiger partial charge >= 0.3 is 0 Å². The fraction of sp³-hybridized carbons (Fsp3) is 0.176. The molecule has 0 aliphatic heterocycles. The van der Waals surface area contributed by atoms with Crippen molar-refractivity contribution in [2.45, 2.75) is 6.42 Å². The van der Waals surface area contributed by atoms with E-state index in [1.807, 2.05) is 30.3 Å². The second-order valence-electron chi connectivity index (χ2n) is 4.99. The van der Waals surface area contributed by atoms with Crippen molar-refractivity contribution in [2.75, 3.05) is 20.0 Å². The zero-order valence-corrected chi connectivity index (χ0v) is 12.9. The highest BCUT2D eigenvalue weighted by atomic mass is 16.5. The predicted octanol–water partition coefficient (Wildman–Crippen LogP) is 2.93. The van der Waals surface area contributed by atoms with Gasteiger partial charge in [0.25, 0.3) is 0 Å². The van der Waals surface area contributed by atoms with Crippen LogP contribution in [0.15, 0.2) is 46.9 Å². The Bertz CT molecular complexity index is 797. The monoisotopic (exact) mass is 311 g/mol. The lowest BCUT2D eigenvalue weighted by Gasteiger charge is -2.07. The standard InChI is InChI=1S/C17H17N3O3/c1-21-14-8-5-12(10-15(14)22-2)17-20-19-16(23-17)9-11-3-6-13(18)7-4-11/h3-8,10H,9,18H2,1-2H3. The smallest absolute Gasteiger partial charge is 0.247 e. The zero-order chi connectivity index (χ0) is 16.2. The number of methoxy groups -OCH3 is 2. The summed E-state index contributed by atoms with van der Waals surface area (Å²) in [4.78, 5) is 0. The largest absolute Gasteiger partial charge is 0.493 e. The average Bonchev–Trinajstić information content (AvgIpc) is 3.05. The van der Waals surface area contributed by atoms with Crippen LogP contribution in [0.25, 0.3) is 11.5 Å². The first-order valence-corrected chi connectivity index (χ1v) is 7.09. The van der Waals surface area contributed by atoms with Crippen LogP contribution in [-0.4, -0.2) is 24.4 Å². The molecule has 0 unspecified atom stereocenters. The van der Waals surface area contributed by atoms with E-state index in [2.05, 4.69) is 10.2 Å². The van der Waals surface area contributed by atoms with Gasteiger partial charge in [0.2, 0.25) is 11.8 Å². The summed E-state index contributed by atoms with van der Waals surface area (Å²) in [6.07, 6.45) is 0.556. The van der Waals surface area contributed by atoms with Gasteiger partial charge in [0.15, 0.2) is 11.5 Å². The molecule has 2 N–H and O–H groups in total. The van der Waals surface area contributed by atoms with Crippen molar-refractivity contribution in [2.24, 2.45) is 0 Å². The van der Waals surface area contributed by atoms with E-state index in [1.165, 1.54) is 0 Å². The molecule has 2 aromatic carbocycles. The number of nitrogen functional groups attached to an aromatic ring is 1. The predicted molar refractivity (Wildman–Crippen MR) is 86.5 cm³/mol. The summed E-state index contributed by atoms with van der Waals surface area (Å²) in [6.45, 7) is 0. The Morgan fingerprint density at radius 1 is 0.957 bits per heavy atom. The maximum atomic E-state index is 5.73. The summed E-state index contributed by atoms with van der Waals surface area (Å²) in [5, 5.41) is 8.18. The summed E-state index contributed by atoms with van der Waals surface area (Å²) >= 11 is 0. The zero-order valence-electron chi connectivity index (χ0n) is 12.9. The van der Waals surface area contributed by atoms with Crippen LogP contribution in [-0.2, 0) is 6.42 Å². The molecule has 0 saturated carbocycles. The second-order valence-corrected chi connectivity index (χ2v) is 4.99. The minimum Gasteiger partial charge on any atom is -0.493 e. The quantitative estimate of drug-likeness (QED) is 0.729. The lowest BCUT2D eigenvalue weighted by atomic mass is 10.1. The lowest BCUT2D eigenvalue weighted by Crippen LogP contribution is -1.90. The molecule has 1 heterocycles. The Labute approximate surface area is 133 Å². The second kappa shape index (κ2) is 6.39. The van der Waals surface area contributed by atoms with E-state index < -0.39 is 0 Å².